The van der Waals surface area contributed by atoms with Gasteiger partial charge in [-0.05, 0) is 18.2 Å². The number of nitrogen functional groups attached to an aromatic ring is 1. The third kappa shape index (κ3) is 2.67. The molecule has 0 radical (unpaired) electrons. The summed E-state index contributed by atoms with van der Waals surface area (Å²) in [4.78, 5) is 17.1. The average Bonchev–Trinajstić information content (AvgIpc) is 2.91. The van der Waals surface area contributed by atoms with Crippen molar-refractivity contribution in [2.24, 2.45) is 7.05 Å². The Hall–Kier alpha value is -3.41. The molecule has 2 heterocycles. The fraction of sp³-hybridized carbons (Fsp3) is 0.105. The summed E-state index contributed by atoms with van der Waals surface area (Å²) < 4.78 is 1.74. The first kappa shape index (κ1) is 15.1. The third-order valence-corrected chi connectivity index (χ3v) is 4.16. The molecule has 2 aromatic heterocycles. The number of nitrogens with one attached hydrogen (secondary N) is 1. The summed E-state index contributed by atoms with van der Waals surface area (Å²) in [6.45, 7) is 0. The number of para-hydroxylation sites is 2. The van der Waals surface area contributed by atoms with E-state index in [0.717, 1.165) is 27.5 Å². The van der Waals surface area contributed by atoms with E-state index >= 15 is 0 Å². The lowest BCUT2D eigenvalue weighted by molar-refractivity contribution is -0.115. The van der Waals surface area contributed by atoms with Crippen LogP contribution in [0.4, 0.5) is 11.5 Å². The fourth-order valence-corrected chi connectivity index (χ4v) is 3.12. The number of rotatable bonds is 3. The van der Waals surface area contributed by atoms with E-state index in [4.69, 9.17) is 5.73 Å². The van der Waals surface area contributed by atoms with Gasteiger partial charge in [0, 0.05) is 18.1 Å². The smallest absolute Gasteiger partial charge is 0.230 e. The summed E-state index contributed by atoms with van der Waals surface area (Å²) in [7, 11) is 1.85. The normalized spacial score (nSPS) is 11.1. The number of aromatic nitrogens is 3. The van der Waals surface area contributed by atoms with Gasteiger partial charge >= 0.3 is 0 Å². The van der Waals surface area contributed by atoms with Gasteiger partial charge < -0.3 is 11.1 Å². The minimum Gasteiger partial charge on any atom is -0.382 e. The maximum Gasteiger partial charge on any atom is 0.230 e. The fourth-order valence-electron chi connectivity index (χ4n) is 3.12. The Balaban J connectivity index is 1.79. The molecule has 3 N–H and O–H groups in total. The van der Waals surface area contributed by atoms with Gasteiger partial charge in [-0.3, -0.25) is 14.5 Å². The van der Waals surface area contributed by atoms with Crippen molar-refractivity contribution >= 4 is 39.2 Å². The number of hydrogen-bond donors (Lipinski definition) is 2. The van der Waals surface area contributed by atoms with Crippen molar-refractivity contribution in [2.45, 2.75) is 6.42 Å². The van der Waals surface area contributed by atoms with Crippen LogP contribution >= 0.6 is 0 Å². The van der Waals surface area contributed by atoms with Gasteiger partial charge in [-0.25, -0.2) is 0 Å². The van der Waals surface area contributed by atoms with Crippen LogP contribution in [0.2, 0.25) is 0 Å². The number of hydrogen-bond acceptors (Lipinski definition) is 4. The van der Waals surface area contributed by atoms with Gasteiger partial charge in [0.2, 0.25) is 5.91 Å². The van der Waals surface area contributed by atoms with Crippen LogP contribution in [0.5, 0.6) is 0 Å². The molecular weight excluding hydrogens is 314 g/mol. The number of anilines is 2. The van der Waals surface area contributed by atoms with Gasteiger partial charge in [0.05, 0.1) is 28.5 Å². The highest BCUT2D eigenvalue weighted by atomic mass is 16.1. The van der Waals surface area contributed by atoms with Gasteiger partial charge in [0.1, 0.15) is 0 Å². The number of benzene rings is 2. The van der Waals surface area contributed by atoms with Crippen LogP contribution in [-0.4, -0.2) is 20.7 Å². The van der Waals surface area contributed by atoms with Gasteiger partial charge in [-0.2, -0.15) is 5.10 Å². The minimum atomic E-state index is -0.140. The number of carbonyl (C=O) groups excluding carboxylic acids is 1. The first-order valence-corrected chi connectivity index (χ1v) is 7.98. The molecule has 4 aromatic rings. The third-order valence-electron chi connectivity index (χ3n) is 4.16. The van der Waals surface area contributed by atoms with Gasteiger partial charge in [-0.15, -0.1) is 0 Å². The van der Waals surface area contributed by atoms with E-state index in [0.29, 0.717) is 11.5 Å². The molecule has 1 amide bonds. The molecule has 0 saturated carbocycles. The molecule has 4 rings (SSSR count). The van der Waals surface area contributed by atoms with Gasteiger partial charge in [0.25, 0.3) is 0 Å². The molecule has 0 atom stereocenters. The molecule has 0 unspecified atom stereocenters. The Bertz CT molecular complexity index is 1090. The van der Waals surface area contributed by atoms with Crippen molar-refractivity contribution in [1.29, 1.82) is 0 Å². The largest absolute Gasteiger partial charge is 0.382 e. The standard InChI is InChI=1S/C19H17N5O/c1-24-18-13-9-5-6-10-14(13)22-15(17(18)19(20)23-24)11-16(25)21-12-7-3-2-4-8-12/h2-10H,11H2,1H3,(H2,20,23)(H,21,25). The quantitative estimate of drug-likeness (QED) is 0.604. The molecule has 0 bridgehead atoms. The van der Waals surface area contributed by atoms with E-state index in [1.165, 1.54) is 0 Å². The number of pyridine rings is 1. The summed E-state index contributed by atoms with van der Waals surface area (Å²) in [5.74, 6) is 0.247. The topological polar surface area (TPSA) is 85.8 Å². The first-order chi connectivity index (χ1) is 12.1. The zero-order chi connectivity index (χ0) is 17.4. The lowest BCUT2D eigenvalue weighted by atomic mass is 10.1. The van der Waals surface area contributed by atoms with E-state index in [-0.39, 0.29) is 12.3 Å². The van der Waals surface area contributed by atoms with E-state index in [9.17, 15) is 4.79 Å². The predicted octanol–water partition coefficient (Wildman–Crippen LogP) is 2.88. The van der Waals surface area contributed by atoms with E-state index in [2.05, 4.69) is 15.4 Å². The Morgan fingerprint density at radius 1 is 1.12 bits per heavy atom. The second-order valence-corrected chi connectivity index (χ2v) is 5.90. The maximum atomic E-state index is 12.5. The van der Waals surface area contributed by atoms with E-state index in [1.807, 2.05) is 61.6 Å². The molecule has 2 aromatic carbocycles. The number of nitrogens with two attached hydrogens (primary N) is 1. The number of amides is 1. The molecule has 0 fully saturated rings. The summed E-state index contributed by atoms with van der Waals surface area (Å²) in [6, 6.07) is 17.1. The molecule has 124 valence electrons. The van der Waals surface area contributed by atoms with Crippen LogP contribution in [0.15, 0.2) is 54.6 Å². The Morgan fingerprint density at radius 3 is 2.64 bits per heavy atom. The highest BCUT2D eigenvalue weighted by Gasteiger charge is 2.18. The van der Waals surface area contributed by atoms with Crippen molar-refractivity contribution in [3.63, 3.8) is 0 Å². The minimum absolute atomic E-state index is 0.131. The second-order valence-electron chi connectivity index (χ2n) is 5.90. The molecule has 25 heavy (non-hydrogen) atoms. The predicted molar refractivity (Wildman–Crippen MR) is 99.2 cm³/mol. The summed E-state index contributed by atoms with van der Waals surface area (Å²) in [5.41, 5.74) is 9.19. The zero-order valence-electron chi connectivity index (χ0n) is 13.7. The molecular formula is C19H17N5O. The number of fused-ring (bicyclic) bond motifs is 3. The highest BCUT2D eigenvalue weighted by Crippen LogP contribution is 2.30. The number of carbonyl (C=O) groups is 1. The van der Waals surface area contributed by atoms with Crippen molar-refractivity contribution in [1.82, 2.24) is 14.8 Å². The monoisotopic (exact) mass is 331 g/mol. The van der Waals surface area contributed by atoms with Crippen LogP contribution in [-0.2, 0) is 18.3 Å². The lowest BCUT2D eigenvalue weighted by Gasteiger charge is -2.08. The molecule has 6 heteroatoms. The van der Waals surface area contributed by atoms with Crippen LogP contribution in [0, 0.1) is 0 Å². The van der Waals surface area contributed by atoms with Crippen molar-refractivity contribution in [2.75, 3.05) is 11.1 Å². The van der Waals surface area contributed by atoms with Crippen LogP contribution in [0.3, 0.4) is 0 Å². The summed E-state index contributed by atoms with van der Waals surface area (Å²) >= 11 is 0. The van der Waals surface area contributed by atoms with Gasteiger partial charge in [-0.1, -0.05) is 36.4 Å². The van der Waals surface area contributed by atoms with Crippen LogP contribution in [0.25, 0.3) is 21.8 Å². The average molecular weight is 331 g/mol. The molecule has 0 saturated heterocycles. The molecule has 0 aliphatic carbocycles. The Kier molecular flexibility index (Phi) is 3.57. The van der Waals surface area contributed by atoms with Crippen molar-refractivity contribution in [3.8, 4) is 0 Å². The molecule has 0 aliphatic heterocycles. The molecule has 6 nitrogen and oxygen atoms in total. The van der Waals surface area contributed by atoms with Gasteiger partial charge in [0.15, 0.2) is 5.82 Å². The Morgan fingerprint density at radius 2 is 1.84 bits per heavy atom. The zero-order valence-corrected chi connectivity index (χ0v) is 13.7. The van der Waals surface area contributed by atoms with Crippen LogP contribution in [0.1, 0.15) is 5.69 Å². The van der Waals surface area contributed by atoms with E-state index < -0.39 is 0 Å². The van der Waals surface area contributed by atoms with E-state index in [1.54, 1.807) is 4.68 Å². The highest BCUT2D eigenvalue weighted by molar-refractivity contribution is 6.09. The second kappa shape index (κ2) is 5.90. The lowest BCUT2D eigenvalue weighted by Crippen LogP contribution is -2.15. The number of nitrogens with zero attached hydrogens (tertiary/aromatic N) is 3. The SMILES string of the molecule is Cn1nc(N)c2c(CC(=O)Nc3ccccc3)nc3ccccc3c21. The molecule has 0 aliphatic rings. The van der Waals surface area contributed by atoms with Crippen LogP contribution < -0.4 is 11.1 Å². The maximum absolute atomic E-state index is 12.5. The first-order valence-electron chi connectivity index (χ1n) is 7.98. The van der Waals surface area contributed by atoms with Crippen molar-refractivity contribution in [3.05, 3.63) is 60.3 Å². The molecule has 0 spiro atoms. The van der Waals surface area contributed by atoms with Crippen molar-refractivity contribution < 1.29 is 4.79 Å². The summed E-state index contributed by atoms with van der Waals surface area (Å²) in [6.07, 6.45) is 0.131. The Labute approximate surface area is 144 Å². The summed E-state index contributed by atoms with van der Waals surface area (Å²) in [5, 5.41) is 8.91. The number of aryl methyl sites for hydroxylation is 1.